The molecule has 2 nitrogen and oxygen atoms in total. The molecule has 0 radical (unpaired) electrons. The summed E-state index contributed by atoms with van der Waals surface area (Å²) >= 11 is 0. The van der Waals surface area contributed by atoms with Crippen LogP contribution in [-0.2, 0) is 0 Å². The molecule has 0 saturated carbocycles. The summed E-state index contributed by atoms with van der Waals surface area (Å²) in [6, 6.07) is 0.814. The van der Waals surface area contributed by atoms with Crippen molar-refractivity contribution >= 4 is 0 Å². The van der Waals surface area contributed by atoms with Crippen LogP contribution in [0.25, 0.3) is 0 Å². The third-order valence-corrected chi connectivity index (χ3v) is 4.45. The number of rotatable bonds is 3. The van der Waals surface area contributed by atoms with E-state index >= 15 is 0 Å². The molecule has 16 heavy (non-hydrogen) atoms. The fraction of sp³-hybridized carbons (Fsp3) is 1.00. The van der Waals surface area contributed by atoms with E-state index in [-0.39, 0.29) is 0 Å². The van der Waals surface area contributed by atoms with E-state index < -0.39 is 0 Å². The Balaban J connectivity index is 1.68. The summed E-state index contributed by atoms with van der Waals surface area (Å²) in [5.41, 5.74) is 0.500. The molecular weight excluding hydrogens is 196 g/mol. The van der Waals surface area contributed by atoms with E-state index in [0.29, 0.717) is 5.41 Å². The molecule has 2 atom stereocenters. The molecule has 2 fully saturated rings. The highest BCUT2D eigenvalue weighted by Gasteiger charge is 2.31. The monoisotopic (exact) mass is 224 g/mol. The molecule has 0 bridgehead atoms. The van der Waals surface area contributed by atoms with Crippen molar-refractivity contribution in [3.8, 4) is 0 Å². The average Bonchev–Trinajstić information content (AvgIpc) is 2.85. The molecular formula is C14H28N2. The van der Waals surface area contributed by atoms with E-state index in [2.05, 4.69) is 31.0 Å². The van der Waals surface area contributed by atoms with Gasteiger partial charge in [-0.25, -0.2) is 0 Å². The standard InChI is InChI=1S/C14H28N2/c1-14(2,3)12-6-9-16(11-12)10-7-13-5-4-8-15-13/h12-13,15H,4-11H2,1-3H3. The van der Waals surface area contributed by atoms with E-state index in [9.17, 15) is 0 Å². The molecule has 0 aliphatic carbocycles. The van der Waals surface area contributed by atoms with Crippen molar-refractivity contribution in [1.82, 2.24) is 10.2 Å². The fourth-order valence-electron chi connectivity index (χ4n) is 3.08. The topological polar surface area (TPSA) is 15.3 Å². The van der Waals surface area contributed by atoms with Gasteiger partial charge in [0.2, 0.25) is 0 Å². The maximum Gasteiger partial charge on any atom is 0.00797 e. The lowest BCUT2D eigenvalue weighted by Gasteiger charge is -2.27. The van der Waals surface area contributed by atoms with Crippen LogP contribution in [0.15, 0.2) is 0 Å². The van der Waals surface area contributed by atoms with Crippen molar-refractivity contribution in [3.63, 3.8) is 0 Å². The molecule has 0 amide bonds. The Bertz CT molecular complexity index is 213. The highest BCUT2D eigenvalue weighted by molar-refractivity contribution is 4.85. The quantitative estimate of drug-likeness (QED) is 0.792. The van der Waals surface area contributed by atoms with Gasteiger partial charge in [-0.3, -0.25) is 0 Å². The SMILES string of the molecule is CC(C)(C)C1CCN(CCC2CCCN2)C1. The van der Waals surface area contributed by atoms with Crippen LogP contribution in [0.1, 0.15) is 46.5 Å². The number of nitrogens with zero attached hydrogens (tertiary/aromatic N) is 1. The molecule has 1 N–H and O–H groups in total. The zero-order valence-electron chi connectivity index (χ0n) is 11.3. The van der Waals surface area contributed by atoms with Gasteiger partial charge in [-0.1, -0.05) is 20.8 Å². The Morgan fingerprint density at radius 1 is 1.25 bits per heavy atom. The summed E-state index contributed by atoms with van der Waals surface area (Å²) < 4.78 is 0. The minimum absolute atomic E-state index is 0.500. The van der Waals surface area contributed by atoms with Crippen molar-refractivity contribution in [2.24, 2.45) is 11.3 Å². The molecule has 0 aromatic heterocycles. The lowest BCUT2D eigenvalue weighted by molar-refractivity contribution is 0.225. The Kier molecular flexibility index (Phi) is 3.91. The van der Waals surface area contributed by atoms with E-state index in [1.54, 1.807) is 0 Å². The van der Waals surface area contributed by atoms with Crippen LogP contribution >= 0.6 is 0 Å². The zero-order valence-corrected chi connectivity index (χ0v) is 11.3. The highest BCUT2D eigenvalue weighted by atomic mass is 15.1. The summed E-state index contributed by atoms with van der Waals surface area (Å²) in [7, 11) is 0. The Hall–Kier alpha value is -0.0800. The molecule has 2 unspecified atom stereocenters. The van der Waals surface area contributed by atoms with Crippen LogP contribution in [0, 0.1) is 11.3 Å². The highest BCUT2D eigenvalue weighted by Crippen LogP contribution is 2.33. The third-order valence-electron chi connectivity index (χ3n) is 4.45. The molecule has 2 aliphatic rings. The van der Waals surface area contributed by atoms with Gasteiger partial charge in [0.1, 0.15) is 0 Å². The van der Waals surface area contributed by atoms with Gasteiger partial charge in [-0.05, 0) is 56.7 Å². The van der Waals surface area contributed by atoms with Gasteiger partial charge in [-0.2, -0.15) is 0 Å². The predicted molar refractivity (Wildman–Crippen MR) is 69.6 cm³/mol. The maximum absolute atomic E-state index is 3.60. The van der Waals surface area contributed by atoms with Crippen LogP contribution in [0.5, 0.6) is 0 Å². The number of nitrogens with one attached hydrogen (secondary N) is 1. The second-order valence-electron chi connectivity index (χ2n) is 6.73. The molecule has 2 heteroatoms. The number of hydrogen-bond donors (Lipinski definition) is 1. The molecule has 2 heterocycles. The Morgan fingerprint density at radius 3 is 2.62 bits per heavy atom. The van der Waals surface area contributed by atoms with Crippen molar-refractivity contribution in [2.75, 3.05) is 26.2 Å². The number of hydrogen-bond acceptors (Lipinski definition) is 2. The molecule has 2 saturated heterocycles. The van der Waals surface area contributed by atoms with Gasteiger partial charge >= 0.3 is 0 Å². The minimum atomic E-state index is 0.500. The Morgan fingerprint density at radius 2 is 2.06 bits per heavy atom. The van der Waals surface area contributed by atoms with Gasteiger partial charge in [0, 0.05) is 12.6 Å². The summed E-state index contributed by atoms with van der Waals surface area (Å²) in [4.78, 5) is 2.68. The number of likely N-dealkylation sites (tertiary alicyclic amines) is 1. The molecule has 0 spiro atoms. The Labute approximate surface area is 101 Å². The largest absolute Gasteiger partial charge is 0.314 e. The summed E-state index contributed by atoms with van der Waals surface area (Å²) in [6.45, 7) is 12.4. The van der Waals surface area contributed by atoms with Crippen LogP contribution in [0.2, 0.25) is 0 Å². The van der Waals surface area contributed by atoms with Gasteiger partial charge in [0.05, 0.1) is 0 Å². The normalized spacial score (nSPS) is 32.4. The summed E-state index contributed by atoms with van der Waals surface area (Å²) in [5.74, 6) is 0.907. The maximum atomic E-state index is 3.60. The minimum Gasteiger partial charge on any atom is -0.314 e. The lowest BCUT2D eigenvalue weighted by atomic mass is 9.80. The molecule has 2 aliphatic heterocycles. The average molecular weight is 224 g/mol. The van der Waals surface area contributed by atoms with E-state index in [0.717, 1.165) is 12.0 Å². The van der Waals surface area contributed by atoms with Gasteiger partial charge in [-0.15, -0.1) is 0 Å². The molecule has 0 aromatic rings. The van der Waals surface area contributed by atoms with E-state index in [1.165, 1.54) is 51.9 Å². The van der Waals surface area contributed by atoms with Crippen molar-refractivity contribution in [1.29, 1.82) is 0 Å². The fourth-order valence-corrected chi connectivity index (χ4v) is 3.08. The van der Waals surface area contributed by atoms with E-state index in [4.69, 9.17) is 0 Å². The summed E-state index contributed by atoms with van der Waals surface area (Å²) in [5, 5.41) is 3.60. The first-order chi connectivity index (χ1) is 7.55. The van der Waals surface area contributed by atoms with Gasteiger partial charge < -0.3 is 10.2 Å². The molecule has 2 rings (SSSR count). The summed E-state index contributed by atoms with van der Waals surface area (Å²) in [6.07, 6.45) is 5.55. The first-order valence-electron chi connectivity index (χ1n) is 7.01. The van der Waals surface area contributed by atoms with Crippen LogP contribution in [0.4, 0.5) is 0 Å². The zero-order chi connectivity index (χ0) is 11.6. The first-order valence-corrected chi connectivity index (χ1v) is 7.01. The lowest BCUT2D eigenvalue weighted by Crippen LogP contribution is -2.31. The molecule has 0 aromatic carbocycles. The van der Waals surface area contributed by atoms with Gasteiger partial charge in [0.15, 0.2) is 0 Å². The van der Waals surface area contributed by atoms with Crippen LogP contribution in [0.3, 0.4) is 0 Å². The predicted octanol–water partition coefficient (Wildman–Crippen LogP) is 2.50. The van der Waals surface area contributed by atoms with Crippen molar-refractivity contribution < 1.29 is 0 Å². The van der Waals surface area contributed by atoms with Crippen molar-refractivity contribution in [3.05, 3.63) is 0 Å². The third kappa shape index (κ3) is 3.21. The van der Waals surface area contributed by atoms with E-state index in [1.807, 2.05) is 0 Å². The van der Waals surface area contributed by atoms with Crippen LogP contribution < -0.4 is 5.32 Å². The van der Waals surface area contributed by atoms with Crippen molar-refractivity contribution in [2.45, 2.75) is 52.5 Å². The second-order valence-corrected chi connectivity index (χ2v) is 6.73. The smallest absolute Gasteiger partial charge is 0.00797 e. The molecule has 94 valence electrons. The second kappa shape index (κ2) is 5.05. The first kappa shape index (κ1) is 12.4. The van der Waals surface area contributed by atoms with Gasteiger partial charge in [0.25, 0.3) is 0 Å². The van der Waals surface area contributed by atoms with Crippen LogP contribution in [-0.4, -0.2) is 37.1 Å².